The molecule has 0 saturated heterocycles. The summed E-state index contributed by atoms with van der Waals surface area (Å²) in [5, 5.41) is 4.91. The molecule has 3 aromatic heterocycles. The monoisotopic (exact) mass is 289 g/mol. The van der Waals surface area contributed by atoms with E-state index in [9.17, 15) is 0 Å². The minimum Gasteiger partial charge on any atom is -0.439 e. The Morgan fingerprint density at radius 3 is 2.64 bits per heavy atom. The SMILES string of the molecule is c1ccc(Oc2ccc3c(-c4cccnc4)noc3n2)cc1. The molecule has 106 valence electrons. The highest BCUT2D eigenvalue weighted by atomic mass is 16.5. The van der Waals surface area contributed by atoms with Gasteiger partial charge in [-0.3, -0.25) is 4.98 Å². The third-order valence-corrected chi connectivity index (χ3v) is 3.21. The van der Waals surface area contributed by atoms with E-state index >= 15 is 0 Å². The van der Waals surface area contributed by atoms with Gasteiger partial charge in [-0.1, -0.05) is 23.4 Å². The summed E-state index contributed by atoms with van der Waals surface area (Å²) in [4.78, 5) is 8.44. The van der Waals surface area contributed by atoms with Crippen molar-refractivity contribution in [3.05, 3.63) is 67.0 Å². The molecule has 0 atom stereocenters. The van der Waals surface area contributed by atoms with Crippen molar-refractivity contribution < 1.29 is 9.26 Å². The summed E-state index contributed by atoms with van der Waals surface area (Å²) in [5.41, 5.74) is 2.05. The molecule has 4 rings (SSSR count). The average molecular weight is 289 g/mol. The smallest absolute Gasteiger partial charge is 0.261 e. The van der Waals surface area contributed by atoms with Crippen LogP contribution in [-0.2, 0) is 0 Å². The van der Waals surface area contributed by atoms with Crippen molar-refractivity contribution in [2.45, 2.75) is 0 Å². The van der Waals surface area contributed by atoms with Gasteiger partial charge < -0.3 is 9.26 Å². The molecule has 5 nitrogen and oxygen atoms in total. The lowest BCUT2D eigenvalue weighted by Gasteiger charge is -2.03. The molecule has 0 aliphatic rings. The summed E-state index contributed by atoms with van der Waals surface area (Å²) < 4.78 is 11.0. The molecule has 5 heteroatoms. The Morgan fingerprint density at radius 2 is 1.82 bits per heavy atom. The number of pyridine rings is 2. The fraction of sp³-hybridized carbons (Fsp3) is 0. The normalized spacial score (nSPS) is 10.7. The van der Waals surface area contributed by atoms with Gasteiger partial charge in [0.15, 0.2) is 0 Å². The number of fused-ring (bicyclic) bond motifs is 1. The number of para-hydroxylation sites is 1. The lowest BCUT2D eigenvalue weighted by Crippen LogP contribution is -1.87. The van der Waals surface area contributed by atoms with Gasteiger partial charge in [0.2, 0.25) is 5.88 Å². The number of hydrogen-bond acceptors (Lipinski definition) is 5. The van der Waals surface area contributed by atoms with Crippen molar-refractivity contribution in [1.82, 2.24) is 15.1 Å². The zero-order valence-electron chi connectivity index (χ0n) is 11.5. The van der Waals surface area contributed by atoms with Crippen LogP contribution in [0.3, 0.4) is 0 Å². The van der Waals surface area contributed by atoms with E-state index in [-0.39, 0.29) is 0 Å². The molecule has 0 radical (unpaired) electrons. The molecule has 0 aliphatic carbocycles. The Balaban J connectivity index is 1.71. The third kappa shape index (κ3) is 2.29. The van der Waals surface area contributed by atoms with Crippen molar-refractivity contribution in [1.29, 1.82) is 0 Å². The molecular weight excluding hydrogens is 278 g/mol. The van der Waals surface area contributed by atoms with Gasteiger partial charge in [-0.25, -0.2) is 0 Å². The number of ether oxygens (including phenoxy) is 1. The van der Waals surface area contributed by atoms with Gasteiger partial charge in [-0.2, -0.15) is 4.98 Å². The highest BCUT2D eigenvalue weighted by Crippen LogP contribution is 2.29. The first kappa shape index (κ1) is 12.5. The molecule has 0 N–H and O–H groups in total. The van der Waals surface area contributed by atoms with E-state index < -0.39 is 0 Å². The van der Waals surface area contributed by atoms with Crippen LogP contribution in [-0.4, -0.2) is 15.1 Å². The van der Waals surface area contributed by atoms with Crippen LogP contribution < -0.4 is 4.74 Å². The number of rotatable bonds is 3. The molecule has 0 amide bonds. The summed E-state index contributed by atoms with van der Waals surface area (Å²) >= 11 is 0. The van der Waals surface area contributed by atoms with Gasteiger partial charge >= 0.3 is 0 Å². The van der Waals surface area contributed by atoms with E-state index in [1.807, 2.05) is 48.5 Å². The van der Waals surface area contributed by atoms with Crippen molar-refractivity contribution in [3.63, 3.8) is 0 Å². The first-order valence-corrected chi connectivity index (χ1v) is 6.80. The van der Waals surface area contributed by atoms with Crippen LogP contribution in [0.4, 0.5) is 0 Å². The summed E-state index contributed by atoms with van der Waals surface area (Å²) in [5.74, 6) is 1.19. The van der Waals surface area contributed by atoms with Crippen molar-refractivity contribution in [3.8, 4) is 22.9 Å². The number of aromatic nitrogens is 3. The number of hydrogen-bond donors (Lipinski definition) is 0. The molecule has 0 spiro atoms. The zero-order chi connectivity index (χ0) is 14.8. The van der Waals surface area contributed by atoms with Crippen LogP contribution in [0.15, 0.2) is 71.5 Å². The first-order chi connectivity index (χ1) is 10.9. The second-order valence-electron chi connectivity index (χ2n) is 4.69. The summed E-state index contributed by atoms with van der Waals surface area (Å²) in [6, 6.07) is 17.0. The summed E-state index contributed by atoms with van der Waals surface area (Å²) in [6.45, 7) is 0. The fourth-order valence-corrected chi connectivity index (χ4v) is 2.19. The first-order valence-electron chi connectivity index (χ1n) is 6.80. The van der Waals surface area contributed by atoms with E-state index in [2.05, 4.69) is 15.1 Å². The number of benzene rings is 1. The minimum atomic E-state index is 0.437. The van der Waals surface area contributed by atoms with Gasteiger partial charge in [0.05, 0.1) is 5.39 Å². The van der Waals surface area contributed by atoms with E-state index in [0.29, 0.717) is 11.6 Å². The van der Waals surface area contributed by atoms with Crippen LogP contribution in [0.25, 0.3) is 22.4 Å². The topological polar surface area (TPSA) is 61.0 Å². The largest absolute Gasteiger partial charge is 0.439 e. The van der Waals surface area contributed by atoms with Gasteiger partial charge in [-0.15, -0.1) is 0 Å². The fourth-order valence-electron chi connectivity index (χ4n) is 2.19. The number of nitrogens with zero attached hydrogens (tertiary/aromatic N) is 3. The van der Waals surface area contributed by atoms with Crippen LogP contribution in [0.5, 0.6) is 11.6 Å². The Labute approximate surface area is 126 Å². The zero-order valence-corrected chi connectivity index (χ0v) is 11.5. The van der Waals surface area contributed by atoms with E-state index in [1.165, 1.54) is 0 Å². The van der Waals surface area contributed by atoms with Crippen molar-refractivity contribution in [2.24, 2.45) is 0 Å². The molecule has 1 aromatic carbocycles. The van der Waals surface area contributed by atoms with Crippen LogP contribution >= 0.6 is 0 Å². The van der Waals surface area contributed by atoms with E-state index in [1.54, 1.807) is 18.5 Å². The lowest BCUT2D eigenvalue weighted by atomic mass is 10.1. The quantitative estimate of drug-likeness (QED) is 0.568. The van der Waals surface area contributed by atoms with E-state index in [0.717, 1.165) is 22.4 Å². The second kappa shape index (κ2) is 5.29. The Kier molecular flexibility index (Phi) is 3.01. The van der Waals surface area contributed by atoms with Gasteiger partial charge in [-0.05, 0) is 30.3 Å². The standard InChI is InChI=1S/C17H11N3O2/c1-2-6-13(7-3-1)21-15-9-8-14-16(20-22-17(14)19-15)12-5-4-10-18-11-12/h1-11H. The minimum absolute atomic E-state index is 0.437. The maximum atomic E-state index is 5.69. The Morgan fingerprint density at radius 1 is 0.909 bits per heavy atom. The molecule has 3 heterocycles. The second-order valence-corrected chi connectivity index (χ2v) is 4.69. The van der Waals surface area contributed by atoms with Gasteiger partial charge in [0.1, 0.15) is 11.4 Å². The molecular formula is C17H11N3O2. The van der Waals surface area contributed by atoms with Crippen LogP contribution in [0.1, 0.15) is 0 Å². The van der Waals surface area contributed by atoms with Gasteiger partial charge in [0, 0.05) is 24.0 Å². The molecule has 0 unspecified atom stereocenters. The predicted octanol–water partition coefficient (Wildman–Crippen LogP) is 4.08. The third-order valence-electron chi connectivity index (χ3n) is 3.21. The highest BCUT2D eigenvalue weighted by molar-refractivity contribution is 5.89. The van der Waals surface area contributed by atoms with Crippen molar-refractivity contribution >= 4 is 11.1 Å². The van der Waals surface area contributed by atoms with Crippen molar-refractivity contribution in [2.75, 3.05) is 0 Å². The summed E-state index contributed by atoms with van der Waals surface area (Å²) in [6.07, 6.45) is 3.46. The molecule has 0 fully saturated rings. The lowest BCUT2D eigenvalue weighted by molar-refractivity contribution is 0.434. The van der Waals surface area contributed by atoms with E-state index in [4.69, 9.17) is 9.26 Å². The summed E-state index contributed by atoms with van der Waals surface area (Å²) in [7, 11) is 0. The predicted molar refractivity (Wildman–Crippen MR) is 81.6 cm³/mol. The van der Waals surface area contributed by atoms with Crippen LogP contribution in [0, 0.1) is 0 Å². The molecule has 0 saturated carbocycles. The Hall–Kier alpha value is -3.21. The molecule has 22 heavy (non-hydrogen) atoms. The van der Waals surface area contributed by atoms with Gasteiger partial charge in [0.25, 0.3) is 5.71 Å². The highest BCUT2D eigenvalue weighted by Gasteiger charge is 2.12. The van der Waals surface area contributed by atoms with Crippen LogP contribution in [0.2, 0.25) is 0 Å². The molecule has 0 bridgehead atoms. The Bertz CT molecular complexity index is 905. The maximum absolute atomic E-state index is 5.69. The molecule has 4 aromatic rings. The average Bonchev–Trinajstić information content (AvgIpc) is 3.00. The maximum Gasteiger partial charge on any atom is 0.261 e. The molecule has 0 aliphatic heterocycles.